The second kappa shape index (κ2) is 5.48. The van der Waals surface area contributed by atoms with Crippen LogP contribution in [0.1, 0.15) is 0 Å². The number of rotatable bonds is 5. The van der Waals surface area contributed by atoms with Gasteiger partial charge in [0.05, 0.1) is 6.54 Å². The number of sulfonamides is 1. The van der Waals surface area contributed by atoms with Crippen molar-refractivity contribution in [3.63, 3.8) is 0 Å². The van der Waals surface area contributed by atoms with Crippen LogP contribution in [-0.4, -0.2) is 27.3 Å². The van der Waals surface area contributed by atoms with Gasteiger partial charge in [0.1, 0.15) is 11.6 Å². The molecule has 0 atom stereocenters. The molecule has 1 aromatic carbocycles. The largest absolute Gasteiger partial charge is 0.399 e. The van der Waals surface area contributed by atoms with Gasteiger partial charge in [-0.1, -0.05) is 0 Å². The molecule has 20 heavy (non-hydrogen) atoms. The van der Waals surface area contributed by atoms with E-state index in [9.17, 15) is 34.8 Å². The van der Waals surface area contributed by atoms with E-state index in [1.54, 1.807) is 0 Å². The molecule has 1 aromatic rings. The van der Waals surface area contributed by atoms with Gasteiger partial charge in [-0.05, 0) is 12.1 Å². The molecule has 0 aliphatic heterocycles. The first-order valence-corrected chi connectivity index (χ1v) is 6.36. The lowest BCUT2D eigenvalue weighted by Crippen LogP contribution is -2.41. The second-order valence-corrected chi connectivity index (χ2v) is 5.40. The van der Waals surface area contributed by atoms with E-state index in [1.165, 1.54) is 0 Å². The Labute approximate surface area is 109 Å². The molecule has 0 bridgehead atoms. The third-order valence-electron chi connectivity index (χ3n) is 2.11. The highest BCUT2D eigenvalue weighted by Gasteiger charge is 2.42. The minimum Gasteiger partial charge on any atom is -0.399 e. The molecule has 0 heterocycles. The van der Waals surface area contributed by atoms with E-state index >= 15 is 0 Å². The van der Waals surface area contributed by atoms with Crippen molar-refractivity contribution in [1.82, 2.24) is 4.72 Å². The zero-order valence-corrected chi connectivity index (χ0v) is 10.3. The van der Waals surface area contributed by atoms with Crippen LogP contribution in [0.2, 0.25) is 0 Å². The van der Waals surface area contributed by atoms with E-state index in [-0.39, 0.29) is 0 Å². The minimum absolute atomic E-state index is 0.433. The number of nitrogen functional groups attached to an aromatic ring is 1. The van der Waals surface area contributed by atoms with Crippen molar-refractivity contribution in [2.24, 2.45) is 0 Å². The third-order valence-corrected chi connectivity index (χ3v) is 3.56. The van der Waals surface area contributed by atoms with Crippen molar-refractivity contribution < 1.29 is 34.8 Å². The van der Waals surface area contributed by atoms with Crippen LogP contribution in [0.25, 0.3) is 0 Å². The maximum atomic E-state index is 13.3. The Balaban J connectivity index is 3.08. The SMILES string of the molecule is Nc1cc(F)c(S(=O)(=O)NCC(F)(F)C(F)F)c(F)c1. The zero-order valence-electron chi connectivity index (χ0n) is 9.51. The molecule has 3 N–H and O–H groups in total. The van der Waals surface area contributed by atoms with Gasteiger partial charge in [-0.15, -0.1) is 0 Å². The Morgan fingerprint density at radius 3 is 2.05 bits per heavy atom. The summed E-state index contributed by atoms with van der Waals surface area (Å²) in [6, 6.07) is 0.895. The fourth-order valence-electron chi connectivity index (χ4n) is 1.18. The Kier molecular flexibility index (Phi) is 4.54. The Hall–Kier alpha value is -1.49. The lowest BCUT2D eigenvalue weighted by Gasteiger charge is -2.16. The molecule has 0 amide bonds. The number of benzene rings is 1. The maximum Gasteiger partial charge on any atom is 0.320 e. The summed E-state index contributed by atoms with van der Waals surface area (Å²) >= 11 is 0. The fraction of sp³-hybridized carbons (Fsp3) is 0.333. The van der Waals surface area contributed by atoms with E-state index in [1.807, 2.05) is 0 Å². The molecule has 0 spiro atoms. The number of nitrogens with one attached hydrogen (secondary N) is 1. The molecule has 0 unspecified atom stereocenters. The normalized spacial score (nSPS) is 12.9. The van der Waals surface area contributed by atoms with E-state index in [0.717, 1.165) is 4.72 Å². The molecule has 114 valence electrons. The van der Waals surface area contributed by atoms with Crippen molar-refractivity contribution in [1.29, 1.82) is 0 Å². The zero-order chi connectivity index (χ0) is 15.7. The summed E-state index contributed by atoms with van der Waals surface area (Å²) < 4.78 is 99.4. The molecule has 0 saturated carbocycles. The fourth-order valence-corrected chi connectivity index (χ4v) is 2.33. The quantitative estimate of drug-likeness (QED) is 0.640. The van der Waals surface area contributed by atoms with Crippen molar-refractivity contribution in [3.05, 3.63) is 23.8 Å². The monoisotopic (exact) mass is 322 g/mol. The lowest BCUT2D eigenvalue weighted by molar-refractivity contribution is -0.122. The average molecular weight is 322 g/mol. The first-order valence-electron chi connectivity index (χ1n) is 4.87. The van der Waals surface area contributed by atoms with Crippen LogP contribution in [-0.2, 0) is 10.0 Å². The second-order valence-electron chi connectivity index (χ2n) is 3.70. The van der Waals surface area contributed by atoms with E-state index in [0.29, 0.717) is 12.1 Å². The number of alkyl halides is 4. The molecule has 0 radical (unpaired) electrons. The molecular formula is C9H8F6N2O2S. The van der Waals surface area contributed by atoms with Crippen LogP contribution in [0.5, 0.6) is 0 Å². The highest BCUT2D eigenvalue weighted by molar-refractivity contribution is 7.89. The van der Waals surface area contributed by atoms with Gasteiger partial charge in [0.25, 0.3) is 0 Å². The summed E-state index contributed by atoms with van der Waals surface area (Å²) in [7, 11) is -5.07. The number of nitrogens with two attached hydrogens (primary N) is 1. The van der Waals surface area contributed by atoms with Gasteiger partial charge in [0.2, 0.25) is 10.0 Å². The van der Waals surface area contributed by atoms with Gasteiger partial charge in [0, 0.05) is 5.69 Å². The van der Waals surface area contributed by atoms with E-state index in [4.69, 9.17) is 5.73 Å². The molecule has 0 aromatic heterocycles. The van der Waals surface area contributed by atoms with Gasteiger partial charge in [-0.2, -0.15) is 8.78 Å². The molecule has 0 aliphatic rings. The van der Waals surface area contributed by atoms with Crippen LogP contribution >= 0.6 is 0 Å². The van der Waals surface area contributed by atoms with Gasteiger partial charge in [-0.3, -0.25) is 0 Å². The van der Waals surface area contributed by atoms with E-state index < -0.39 is 51.1 Å². The third kappa shape index (κ3) is 3.54. The van der Waals surface area contributed by atoms with Gasteiger partial charge >= 0.3 is 12.3 Å². The molecule has 11 heteroatoms. The van der Waals surface area contributed by atoms with E-state index in [2.05, 4.69) is 0 Å². The summed E-state index contributed by atoms with van der Waals surface area (Å²) in [6.07, 6.45) is -4.13. The standard InChI is InChI=1S/C9H8F6N2O2S/c10-5-1-4(16)2-6(11)7(5)20(18,19)17-3-9(14,15)8(12)13/h1-2,8,17H,3,16H2. The molecule has 1 rings (SSSR count). The van der Waals surface area contributed by atoms with Crippen molar-refractivity contribution in [2.75, 3.05) is 12.3 Å². The van der Waals surface area contributed by atoms with Gasteiger partial charge < -0.3 is 5.73 Å². The molecule has 0 fully saturated rings. The first kappa shape index (κ1) is 16.6. The Morgan fingerprint density at radius 1 is 1.20 bits per heavy atom. The van der Waals surface area contributed by atoms with Crippen molar-refractivity contribution in [2.45, 2.75) is 17.2 Å². The number of hydrogen-bond acceptors (Lipinski definition) is 3. The highest BCUT2D eigenvalue weighted by Crippen LogP contribution is 2.24. The first-order chi connectivity index (χ1) is 8.97. The van der Waals surface area contributed by atoms with Crippen LogP contribution in [0.3, 0.4) is 0 Å². The number of anilines is 1. The Morgan fingerprint density at radius 2 is 1.65 bits per heavy atom. The van der Waals surface area contributed by atoms with Crippen molar-refractivity contribution >= 4 is 15.7 Å². The van der Waals surface area contributed by atoms with Crippen LogP contribution in [0.15, 0.2) is 17.0 Å². The smallest absolute Gasteiger partial charge is 0.320 e. The number of halogens is 6. The molecule has 4 nitrogen and oxygen atoms in total. The summed E-state index contributed by atoms with van der Waals surface area (Å²) in [6.45, 7) is -2.00. The molecule has 0 saturated heterocycles. The average Bonchev–Trinajstić information content (AvgIpc) is 2.24. The van der Waals surface area contributed by atoms with Gasteiger partial charge in [0.15, 0.2) is 4.90 Å². The number of hydrogen-bond donors (Lipinski definition) is 2. The van der Waals surface area contributed by atoms with Crippen LogP contribution in [0.4, 0.5) is 32.0 Å². The topological polar surface area (TPSA) is 72.2 Å². The molecule has 0 aliphatic carbocycles. The molecular weight excluding hydrogens is 314 g/mol. The summed E-state index contributed by atoms with van der Waals surface area (Å²) in [5, 5.41) is 0. The maximum absolute atomic E-state index is 13.3. The van der Waals surface area contributed by atoms with Crippen LogP contribution in [0, 0.1) is 11.6 Å². The summed E-state index contributed by atoms with van der Waals surface area (Å²) in [5.41, 5.74) is 4.61. The summed E-state index contributed by atoms with van der Waals surface area (Å²) in [5.74, 6) is -7.93. The predicted octanol–water partition coefficient (Wildman–Crippen LogP) is 1.73. The Bertz CT molecular complexity index is 581. The van der Waals surface area contributed by atoms with Crippen LogP contribution < -0.4 is 10.5 Å². The predicted molar refractivity (Wildman–Crippen MR) is 56.9 cm³/mol. The minimum atomic E-state index is -5.07. The lowest BCUT2D eigenvalue weighted by atomic mass is 10.3. The van der Waals surface area contributed by atoms with Crippen molar-refractivity contribution in [3.8, 4) is 0 Å². The van der Waals surface area contributed by atoms with Gasteiger partial charge in [-0.25, -0.2) is 30.7 Å². The highest BCUT2D eigenvalue weighted by atomic mass is 32.2. The summed E-state index contributed by atoms with van der Waals surface area (Å²) in [4.78, 5) is -1.57.